The summed E-state index contributed by atoms with van der Waals surface area (Å²) >= 11 is 0. The summed E-state index contributed by atoms with van der Waals surface area (Å²) in [5.74, 6) is 2.93. The molecule has 0 saturated heterocycles. The van der Waals surface area contributed by atoms with Crippen LogP contribution in [0.2, 0.25) is 0 Å². The van der Waals surface area contributed by atoms with E-state index in [9.17, 15) is 4.79 Å². The van der Waals surface area contributed by atoms with Crippen molar-refractivity contribution in [2.24, 2.45) is 0 Å². The van der Waals surface area contributed by atoms with Gasteiger partial charge in [0.15, 0.2) is 17.3 Å². The zero-order chi connectivity index (χ0) is 27.4. The summed E-state index contributed by atoms with van der Waals surface area (Å²) < 4.78 is 24.4. The number of rotatable bonds is 10. The van der Waals surface area contributed by atoms with Gasteiger partial charge in [0.2, 0.25) is 0 Å². The van der Waals surface area contributed by atoms with E-state index in [1.807, 2.05) is 49.7 Å². The van der Waals surface area contributed by atoms with Crippen LogP contribution in [-0.2, 0) is 13.2 Å². The Labute approximate surface area is 223 Å². The van der Waals surface area contributed by atoms with Crippen molar-refractivity contribution in [3.05, 3.63) is 88.1 Å². The van der Waals surface area contributed by atoms with Crippen molar-refractivity contribution in [3.63, 3.8) is 0 Å². The zero-order valence-electron chi connectivity index (χ0n) is 23.0. The molecular formula is C30H35N3O5. The molecule has 0 atom stereocenters. The summed E-state index contributed by atoms with van der Waals surface area (Å²) in [5.41, 5.74) is 5.47. The van der Waals surface area contributed by atoms with E-state index in [2.05, 4.69) is 36.4 Å². The van der Waals surface area contributed by atoms with Crippen LogP contribution in [0.15, 0.2) is 52.9 Å². The quantitative estimate of drug-likeness (QED) is 0.261. The van der Waals surface area contributed by atoms with E-state index >= 15 is 0 Å². The first kappa shape index (κ1) is 26.9. The number of hydrogen-bond acceptors (Lipinski definition) is 6. The number of aryl methyl sites for hydroxylation is 2. The molecule has 0 aliphatic heterocycles. The van der Waals surface area contributed by atoms with Gasteiger partial charge in [-0.2, -0.15) is 5.10 Å². The number of anilines is 1. The van der Waals surface area contributed by atoms with E-state index in [0.29, 0.717) is 41.1 Å². The van der Waals surface area contributed by atoms with Gasteiger partial charge in [-0.1, -0.05) is 32.0 Å². The number of furan rings is 1. The second-order valence-corrected chi connectivity index (χ2v) is 9.60. The summed E-state index contributed by atoms with van der Waals surface area (Å²) in [6.07, 6.45) is 0. The van der Waals surface area contributed by atoms with Crippen LogP contribution < -0.4 is 19.5 Å². The van der Waals surface area contributed by atoms with E-state index in [1.54, 1.807) is 26.4 Å². The molecule has 1 N–H and O–H groups in total. The molecule has 0 aliphatic rings. The van der Waals surface area contributed by atoms with Gasteiger partial charge in [-0.05, 0) is 73.7 Å². The minimum absolute atomic E-state index is 0.211. The molecule has 1 amide bonds. The van der Waals surface area contributed by atoms with Crippen LogP contribution >= 0.6 is 0 Å². The van der Waals surface area contributed by atoms with Gasteiger partial charge in [0, 0.05) is 0 Å². The van der Waals surface area contributed by atoms with Crippen LogP contribution in [-0.4, -0.2) is 29.9 Å². The highest BCUT2D eigenvalue weighted by Crippen LogP contribution is 2.30. The minimum Gasteiger partial charge on any atom is -0.493 e. The largest absolute Gasteiger partial charge is 0.493 e. The number of nitrogens with one attached hydrogen (secondary N) is 1. The molecule has 2 aromatic carbocycles. The maximum Gasteiger partial charge on any atom is 0.291 e. The van der Waals surface area contributed by atoms with E-state index in [-0.39, 0.29) is 18.3 Å². The Kier molecular flexibility index (Phi) is 8.10. The van der Waals surface area contributed by atoms with Crippen LogP contribution in [0.1, 0.15) is 64.2 Å². The molecule has 0 saturated carbocycles. The molecule has 0 spiro atoms. The van der Waals surface area contributed by atoms with Crippen molar-refractivity contribution in [2.45, 2.75) is 53.7 Å². The van der Waals surface area contributed by atoms with Crippen LogP contribution in [0.3, 0.4) is 0 Å². The van der Waals surface area contributed by atoms with E-state index < -0.39 is 0 Å². The summed E-state index contributed by atoms with van der Waals surface area (Å²) in [4.78, 5) is 13.0. The Morgan fingerprint density at radius 3 is 2.45 bits per heavy atom. The summed E-state index contributed by atoms with van der Waals surface area (Å²) in [6.45, 7) is 10.8. The van der Waals surface area contributed by atoms with Crippen molar-refractivity contribution < 1.29 is 23.4 Å². The SMILES string of the molecule is COc1ccc(Cn2nc(C)c(NC(=O)c3ccc(COc4cc(C)ccc4C(C)C)o3)c2C)cc1OC. The predicted octanol–water partition coefficient (Wildman–Crippen LogP) is 6.42. The lowest BCUT2D eigenvalue weighted by molar-refractivity contribution is 0.0992. The number of carbonyl (C=O) groups is 1. The smallest absolute Gasteiger partial charge is 0.291 e. The molecule has 2 aromatic heterocycles. The van der Waals surface area contributed by atoms with Crippen molar-refractivity contribution in [1.29, 1.82) is 0 Å². The molecule has 0 unspecified atom stereocenters. The fourth-order valence-corrected chi connectivity index (χ4v) is 4.33. The van der Waals surface area contributed by atoms with Gasteiger partial charge in [0.25, 0.3) is 5.91 Å². The first-order valence-corrected chi connectivity index (χ1v) is 12.6. The van der Waals surface area contributed by atoms with Crippen molar-refractivity contribution in [1.82, 2.24) is 9.78 Å². The fourth-order valence-electron chi connectivity index (χ4n) is 4.33. The average molecular weight is 518 g/mol. The first-order chi connectivity index (χ1) is 18.2. The maximum absolute atomic E-state index is 13.0. The molecule has 4 rings (SSSR count). The Bertz CT molecular complexity index is 1430. The number of ether oxygens (including phenoxy) is 3. The highest BCUT2D eigenvalue weighted by atomic mass is 16.5. The standard InChI is InChI=1S/C30H35N3O5/c1-18(2)24-11-8-19(3)14-27(24)37-17-23-10-13-26(38-23)30(34)31-29-20(4)32-33(21(29)5)16-22-9-12-25(35-6)28(15-22)36-7/h8-15,18H,16-17H2,1-7H3,(H,31,34). The molecular weight excluding hydrogens is 482 g/mol. The normalized spacial score (nSPS) is 11.1. The number of benzene rings is 2. The molecule has 4 aromatic rings. The number of amides is 1. The molecule has 0 fully saturated rings. The summed E-state index contributed by atoms with van der Waals surface area (Å²) in [6, 6.07) is 15.4. The molecule has 8 nitrogen and oxygen atoms in total. The van der Waals surface area contributed by atoms with Crippen LogP contribution in [0, 0.1) is 20.8 Å². The number of carbonyl (C=O) groups excluding carboxylic acids is 1. The first-order valence-electron chi connectivity index (χ1n) is 12.6. The van der Waals surface area contributed by atoms with Gasteiger partial charge in [-0.25, -0.2) is 0 Å². The average Bonchev–Trinajstić information content (AvgIpc) is 3.47. The lowest BCUT2D eigenvalue weighted by Crippen LogP contribution is -2.12. The minimum atomic E-state index is -0.341. The Morgan fingerprint density at radius 1 is 0.974 bits per heavy atom. The van der Waals surface area contributed by atoms with Crippen LogP contribution in [0.5, 0.6) is 17.2 Å². The van der Waals surface area contributed by atoms with Crippen molar-refractivity contribution in [2.75, 3.05) is 19.5 Å². The predicted molar refractivity (Wildman–Crippen MR) is 147 cm³/mol. The third-order valence-electron chi connectivity index (χ3n) is 6.45. The summed E-state index contributed by atoms with van der Waals surface area (Å²) in [5, 5.41) is 7.59. The Balaban J connectivity index is 1.44. The molecule has 0 aliphatic carbocycles. The highest BCUT2D eigenvalue weighted by molar-refractivity contribution is 6.02. The van der Waals surface area contributed by atoms with Gasteiger partial charge in [0.05, 0.1) is 37.8 Å². The van der Waals surface area contributed by atoms with Gasteiger partial charge in [0.1, 0.15) is 18.1 Å². The topological polar surface area (TPSA) is 87.8 Å². The van der Waals surface area contributed by atoms with Gasteiger partial charge >= 0.3 is 0 Å². The van der Waals surface area contributed by atoms with E-state index in [0.717, 1.165) is 28.1 Å². The molecule has 2 heterocycles. The summed E-state index contributed by atoms with van der Waals surface area (Å²) in [7, 11) is 3.21. The molecule has 0 radical (unpaired) electrons. The molecule has 38 heavy (non-hydrogen) atoms. The Morgan fingerprint density at radius 2 is 1.74 bits per heavy atom. The van der Waals surface area contributed by atoms with Gasteiger partial charge in [-0.15, -0.1) is 0 Å². The lowest BCUT2D eigenvalue weighted by atomic mass is 10.0. The van der Waals surface area contributed by atoms with Crippen LogP contribution in [0.4, 0.5) is 5.69 Å². The fraction of sp³-hybridized carbons (Fsp3) is 0.333. The van der Waals surface area contributed by atoms with Crippen LogP contribution in [0.25, 0.3) is 0 Å². The number of aromatic nitrogens is 2. The number of hydrogen-bond donors (Lipinski definition) is 1. The number of methoxy groups -OCH3 is 2. The molecule has 8 heteroatoms. The molecule has 200 valence electrons. The highest BCUT2D eigenvalue weighted by Gasteiger charge is 2.19. The van der Waals surface area contributed by atoms with E-state index in [4.69, 9.17) is 18.6 Å². The third kappa shape index (κ3) is 5.85. The second kappa shape index (κ2) is 11.5. The van der Waals surface area contributed by atoms with Gasteiger partial charge in [-0.3, -0.25) is 9.48 Å². The molecule has 0 bridgehead atoms. The monoisotopic (exact) mass is 517 g/mol. The van der Waals surface area contributed by atoms with Gasteiger partial charge < -0.3 is 23.9 Å². The lowest BCUT2D eigenvalue weighted by Gasteiger charge is -2.14. The zero-order valence-corrected chi connectivity index (χ0v) is 23.0. The number of nitrogens with zero attached hydrogens (tertiary/aromatic N) is 2. The third-order valence-corrected chi connectivity index (χ3v) is 6.45. The van der Waals surface area contributed by atoms with Crippen molar-refractivity contribution in [3.8, 4) is 17.2 Å². The second-order valence-electron chi connectivity index (χ2n) is 9.60. The van der Waals surface area contributed by atoms with E-state index in [1.165, 1.54) is 0 Å². The Hall–Kier alpha value is -4.20. The maximum atomic E-state index is 13.0. The van der Waals surface area contributed by atoms with Crippen molar-refractivity contribution >= 4 is 11.6 Å².